The number of hydrogen-bond acceptors (Lipinski definition) is 5. The van der Waals surface area contributed by atoms with E-state index in [1.54, 1.807) is 6.07 Å². The molecule has 1 fully saturated rings. The molecule has 0 unspecified atom stereocenters. The minimum Gasteiger partial charge on any atom is -0.366 e. The Morgan fingerprint density at radius 1 is 1.32 bits per heavy atom. The fourth-order valence-corrected chi connectivity index (χ4v) is 3.91. The Labute approximate surface area is 152 Å². The Morgan fingerprint density at radius 3 is 2.76 bits per heavy atom. The number of thiophene rings is 1. The SMILES string of the molecule is Cc1ccc(N2CCN(CC(=O)Nc3sccc3C#N)C[C@H]2C)cc1. The third kappa shape index (κ3) is 4.19. The van der Waals surface area contributed by atoms with Crippen LogP contribution in [0.15, 0.2) is 35.7 Å². The minimum absolute atomic E-state index is 0.0602. The molecular formula is C19H22N4OS. The van der Waals surface area contributed by atoms with Crippen molar-refractivity contribution < 1.29 is 4.79 Å². The number of piperazine rings is 1. The van der Waals surface area contributed by atoms with Gasteiger partial charge in [-0.3, -0.25) is 9.69 Å². The number of rotatable bonds is 4. The predicted octanol–water partition coefficient (Wildman–Crippen LogP) is 3.08. The Morgan fingerprint density at radius 2 is 2.08 bits per heavy atom. The first kappa shape index (κ1) is 17.5. The number of benzene rings is 1. The van der Waals surface area contributed by atoms with E-state index < -0.39 is 0 Å². The molecule has 2 heterocycles. The second kappa shape index (κ2) is 7.68. The van der Waals surface area contributed by atoms with Crippen LogP contribution in [0.3, 0.4) is 0 Å². The van der Waals surface area contributed by atoms with E-state index >= 15 is 0 Å². The minimum atomic E-state index is -0.0602. The normalized spacial score (nSPS) is 18.0. The first-order valence-electron chi connectivity index (χ1n) is 8.40. The van der Waals surface area contributed by atoms with Gasteiger partial charge in [0.25, 0.3) is 0 Å². The molecule has 1 N–H and O–H groups in total. The van der Waals surface area contributed by atoms with Crippen molar-refractivity contribution in [2.75, 3.05) is 36.4 Å². The zero-order valence-corrected chi connectivity index (χ0v) is 15.3. The van der Waals surface area contributed by atoms with E-state index in [4.69, 9.17) is 5.26 Å². The number of nitrogens with zero attached hydrogens (tertiary/aromatic N) is 3. The van der Waals surface area contributed by atoms with Crippen LogP contribution in [0.4, 0.5) is 10.7 Å². The number of nitrogens with one attached hydrogen (secondary N) is 1. The summed E-state index contributed by atoms with van der Waals surface area (Å²) in [7, 11) is 0. The molecule has 1 aromatic carbocycles. The summed E-state index contributed by atoms with van der Waals surface area (Å²) >= 11 is 1.38. The van der Waals surface area contributed by atoms with Gasteiger partial charge in [0.15, 0.2) is 0 Å². The molecule has 0 saturated carbocycles. The maximum Gasteiger partial charge on any atom is 0.239 e. The number of amides is 1. The standard InChI is InChI=1S/C19H22N4OS/c1-14-3-5-17(6-4-14)23-9-8-22(12-15(23)2)13-18(24)21-19-16(11-20)7-10-25-19/h3-7,10,15H,8-9,12-13H2,1-2H3,(H,21,24)/t15-/m1/s1. The molecule has 5 nitrogen and oxygen atoms in total. The highest BCUT2D eigenvalue weighted by molar-refractivity contribution is 7.14. The molecule has 130 valence electrons. The van der Waals surface area contributed by atoms with Gasteiger partial charge in [-0.05, 0) is 37.4 Å². The molecule has 1 saturated heterocycles. The molecule has 0 aliphatic carbocycles. The molecule has 1 aliphatic rings. The lowest BCUT2D eigenvalue weighted by Gasteiger charge is -2.41. The van der Waals surface area contributed by atoms with Crippen LogP contribution < -0.4 is 10.2 Å². The Hall–Kier alpha value is -2.36. The summed E-state index contributed by atoms with van der Waals surface area (Å²) in [4.78, 5) is 16.8. The fourth-order valence-electron chi connectivity index (χ4n) is 3.16. The van der Waals surface area contributed by atoms with E-state index in [2.05, 4.69) is 59.3 Å². The molecule has 6 heteroatoms. The van der Waals surface area contributed by atoms with Crippen molar-refractivity contribution in [3.05, 3.63) is 46.8 Å². The van der Waals surface area contributed by atoms with E-state index in [1.165, 1.54) is 22.6 Å². The van der Waals surface area contributed by atoms with Crippen LogP contribution >= 0.6 is 11.3 Å². The van der Waals surface area contributed by atoms with Gasteiger partial charge in [-0.25, -0.2) is 0 Å². The Kier molecular flexibility index (Phi) is 5.37. The number of aryl methyl sites for hydroxylation is 1. The molecule has 25 heavy (non-hydrogen) atoms. The van der Waals surface area contributed by atoms with Crippen molar-refractivity contribution in [1.29, 1.82) is 5.26 Å². The summed E-state index contributed by atoms with van der Waals surface area (Å²) in [5, 5.41) is 14.3. The maximum atomic E-state index is 12.3. The highest BCUT2D eigenvalue weighted by atomic mass is 32.1. The van der Waals surface area contributed by atoms with Crippen molar-refractivity contribution in [1.82, 2.24) is 4.90 Å². The van der Waals surface area contributed by atoms with Gasteiger partial charge in [-0.2, -0.15) is 5.26 Å². The molecule has 1 aromatic heterocycles. The molecule has 0 spiro atoms. The zero-order chi connectivity index (χ0) is 17.8. The van der Waals surface area contributed by atoms with Gasteiger partial charge in [-0.1, -0.05) is 17.7 Å². The van der Waals surface area contributed by atoms with Gasteiger partial charge >= 0.3 is 0 Å². The first-order valence-corrected chi connectivity index (χ1v) is 9.28. The van der Waals surface area contributed by atoms with Crippen LogP contribution in [0.2, 0.25) is 0 Å². The number of carbonyl (C=O) groups is 1. The van der Waals surface area contributed by atoms with Gasteiger partial charge in [0.2, 0.25) is 5.91 Å². The van der Waals surface area contributed by atoms with Crippen molar-refractivity contribution in [3.8, 4) is 6.07 Å². The molecular weight excluding hydrogens is 332 g/mol. The zero-order valence-electron chi connectivity index (χ0n) is 14.5. The second-order valence-electron chi connectivity index (χ2n) is 6.44. The first-order chi connectivity index (χ1) is 12.1. The number of nitriles is 1. The lowest BCUT2D eigenvalue weighted by Crippen LogP contribution is -2.53. The van der Waals surface area contributed by atoms with Gasteiger partial charge in [-0.15, -0.1) is 11.3 Å². The van der Waals surface area contributed by atoms with Crippen LogP contribution in [0.5, 0.6) is 0 Å². The van der Waals surface area contributed by atoms with Crippen LogP contribution in [-0.4, -0.2) is 43.0 Å². The van der Waals surface area contributed by atoms with Crippen LogP contribution in [0.1, 0.15) is 18.1 Å². The van der Waals surface area contributed by atoms with Gasteiger partial charge in [0.05, 0.1) is 12.1 Å². The molecule has 0 bridgehead atoms. The number of anilines is 2. The maximum absolute atomic E-state index is 12.3. The number of hydrogen-bond donors (Lipinski definition) is 1. The Balaban J connectivity index is 1.55. The van der Waals surface area contributed by atoms with Gasteiger partial charge in [0, 0.05) is 31.4 Å². The van der Waals surface area contributed by atoms with Gasteiger partial charge in [0.1, 0.15) is 11.1 Å². The van der Waals surface area contributed by atoms with Crippen molar-refractivity contribution in [3.63, 3.8) is 0 Å². The molecule has 2 aromatic rings. The van der Waals surface area contributed by atoms with E-state index in [0.29, 0.717) is 23.2 Å². The summed E-state index contributed by atoms with van der Waals surface area (Å²) in [6.07, 6.45) is 0. The third-order valence-electron chi connectivity index (χ3n) is 4.48. The summed E-state index contributed by atoms with van der Waals surface area (Å²) in [6.45, 7) is 7.24. The third-order valence-corrected chi connectivity index (χ3v) is 5.31. The van der Waals surface area contributed by atoms with Crippen LogP contribution in [-0.2, 0) is 4.79 Å². The Bertz CT molecular complexity index is 777. The fraction of sp³-hybridized carbons (Fsp3) is 0.368. The van der Waals surface area contributed by atoms with Crippen molar-refractivity contribution in [2.45, 2.75) is 19.9 Å². The quantitative estimate of drug-likeness (QED) is 0.917. The molecule has 3 rings (SSSR count). The molecule has 1 atom stereocenters. The summed E-state index contributed by atoms with van der Waals surface area (Å²) in [5.74, 6) is -0.0602. The smallest absolute Gasteiger partial charge is 0.239 e. The highest BCUT2D eigenvalue weighted by Crippen LogP contribution is 2.23. The lowest BCUT2D eigenvalue weighted by atomic mass is 10.1. The molecule has 0 radical (unpaired) electrons. The van der Waals surface area contributed by atoms with E-state index in [1.807, 2.05) is 5.38 Å². The van der Waals surface area contributed by atoms with Crippen LogP contribution in [0, 0.1) is 18.3 Å². The highest BCUT2D eigenvalue weighted by Gasteiger charge is 2.25. The van der Waals surface area contributed by atoms with Crippen molar-refractivity contribution >= 4 is 27.9 Å². The van der Waals surface area contributed by atoms with Gasteiger partial charge < -0.3 is 10.2 Å². The summed E-state index contributed by atoms with van der Waals surface area (Å²) in [6, 6.07) is 12.8. The van der Waals surface area contributed by atoms with E-state index in [-0.39, 0.29) is 5.91 Å². The molecule has 1 aliphatic heterocycles. The van der Waals surface area contributed by atoms with E-state index in [9.17, 15) is 4.79 Å². The lowest BCUT2D eigenvalue weighted by molar-refractivity contribution is -0.117. The average molecular weight is 354 g/mol. The number of carbonyl (C=O) groups excluding carboxylic acids is 1. The summed E-state index contributed by atoms with van der Waals surface area (Å²) < 4.78 is 0. The largest absolute Gasteiger partial charge is 0.366 e. The predicted molar refractivity (Wildman–Crippen MR) is 102 cm³/mol. The van der Waals surface area contributed by atoms with Crippen LogP contribution in [0.25, 0.3) is 0 Å². The molecule has 1 amide bonds. The average Bonchev–Trinajstić information content (AvgIpc) is 3.03. The monoisotopic (exact) mass is 354 g/mol. The van der Waals surface area contributed by atoms with E-state index in [0.717, 1.165) is 19.6 Å². The topological polar surface area (TPSA) is 59.4 Å². The summed E-state index contributed by atoms with van der Waals surface area (Å²) in [5.41, 5.74) is 3.02. The second-order valence-corrected chi connectivity index (χ2v) is 7.35. The van der Waals surface area contributed by atoms with Crippen molar-refractivity contribution in [2.24, 2.45) is 0 Å².